The van der Waals surface area contributed by atoms with Crippen molar-refractivity contribution < 1.29 is 0 Å². The van der Waals surface area contributed by atoms with Gasteiger partial charge in [-0.3, -0.25) is 0 Å². The second-order valence-electron chi connectivity index (χ2n) is 4.37. The van der Waals surface area contributed by atoms with Gasteiger partial charge < -0.3 is 5.32 Å². The number of nitrogens with one attached hydrogen (secondary N) is 1. The third-order valence-corrected chi connectivity index (χ3v) is 3.88. The van der Waals surface area contributed by atoms with Gasteiger partial charge in [-0.15, -0.1) is 11.3 Å². The second-order valence-corrected chi connectivity index (χ2v) is 5.69. The van der Waals surface area contributed by atoms with Crippen LogP contribution in [0.4, 0.5) is 0 Å². The Balaban J connectivity index is 2.54. The lowest BCUT2D eigenvalue weighted by molar-refractivity contribution is 0.391. The van der Waals surface area contributed by atoms with Crippen molar-refractivity contribution in [1.82, 2.24) is 5.32 Å². The Hall–Kier alpha value is -0.340. The summed E-state index contributed by atoms with van der Waals surface area (Å²) < 4.78 is 0. The summed E-state index contributed by atoms with van der Waals surface area (Å²) in [5.74, 6) is 0.693. The topological polar surface area (TPSA) is 12.0 Å². The van der Waals surface area contributed by atoms with E-state index >= 15 is 0 Å². The molecule has 0 aliphatic rings. The van der Waals surface area contributed by atoms with Gasteiger partial charge in [-0.05, 0) is 38.8 Å². The van der Waals surface area contributed by atoms with Crippen molar-refractivity contribution >= 4 is 11.3 Å². The van der Waals surface area contributed by atoms with Crippen molar-refractivity contribution in [2.75, 3.05) is 0 Å². The van der Waals surface area contributed by atoms with Gasteiger partial charge in [0.1, 0.15) is 0 Å². The van der Waals surface area contributed by atoms with Crippen LogP contribution in [0.15, 0.2) is 12.1 Å². The van der Waals surface area contributed by atoms with Gasteiger partial charge in [0, 0.05) is 21.8 Å². The van der Waals surface area contributed by atoms with Crippen molar-refractivity contribution in [1.29, 1.82) is 0 Å². The van der Waals surface area contributed by atoms with Crippen LogP contribution >= 0.6 is 11.3 Å². The van der Waals surface area contributed by atoms with Crippen LogP contribution in [-0.4, -0.2) is 6.04 Å². The predicted molar refractivity (Wildman–Crippen MR) is 64.9 cm³/mol. The summed E-state index contributed by atoms with van der Waals surface area (Å²) in [4.78, 5) is 2.83. The minimum atomic E-state index is 0.478. The molecule has 80 valence electrons. The molecule has 1 aromatic heterocycles. The fourth-order valence-electron chi connectivity index (χ4n) is 1.36. The van der Waals surface area contributed by atoms with Crippen molar-refractivity contribution in [3.8, 4) is 0 Å². The lowest BCUT2D eigenvalue weighted by atomic mass is 10.1. The molecule has 2 unspecified atom stereocenters. The molecule has 0 aliphatic heterocycles. The van der Waals surface area contributed by atoms with Crippen LogP contribution in [-0.2, 0) is 0 Å². The molecule has 0 aliphatic carbocycles. The first-order valence-corrected chi connectivity index (χ1v) is 6.14. The maximum atomic E-state index is 3.62. The zero-order chi connectivity index (χ0) is 10.7. The number of hydrogen-bond donors (Lipinski definition) is 1. The average Bonchev–Trinajstić information content (AvgIpc) is 2.51. The van der Waals surface area contributed by atoms with Gasteiger partial charge in [0.15, 0.2) is 0 Å². The fourth-order valence-corrected chi connectivity index (χ4v) is 2.24. The van der Waals surface area contributed by atoms with Crippen molar-refractivity contribution in [3.05, 3.63) is 21.9 Å². The van der Waals surface area contributed by atoms with Gasteiger partial charge >= 0.3 is 0 Å². The highest BCUT2D eigenvalue weighted by Crippen LogP contribution is 2.23. The van der Waals surface area contributed by atoms with Crippen LogP contribution in [0.1, 0.15) is 43.5 Å². The van der Waals surface area contributed by atoms with Crippen molar-refractivity contribution in [3.63, 3.8) is 0 Å². The van der Waals surface area contributed by atoms with E-state index in [0.29, 0.717) is 18.0 Å². The SMILES string of the molecule is Cc1ccc(C(C)NC(C)C(C)C)s1. The second kappa shape index (κ2) is 4.94. The standard InChI is InChI=1S/C12H21NS/c1-8(2)10(4)13-11(5)12-7-6-9(3)14-12/h6-8,10-11,13H,1-5H3. The molecular formula is C12H21NS. The van der Waals surface area contributed by atoms with Crippen LogP contribution in [0, 0.1) is 12.8 Å². The molecule has 1 rings (SSSR count). The molecule has 1 aromatic rings. The Labute approximate surface area is 91.5 Å². The first-order chi connectivity index (χ1) is 6.50. The third-order valence-electron chi connectivity index (χ3n) is 2.70. The van der Waals surface area contributed by atoms with E-state index in [0.717, 1.165) is 0 Å². The Bertz CT molecular complexity index is 278. The zero-order valence-electron chi connectivity index (χ0n) is 9.79. The molecule has 1 heterocycles. The number of thiophene rings is 1. The number of hydrogen-bond acceptors (Lipinski definition) is 2. The lowest BCUT2D eigenvalue weighted by Crippen LogP contribution is -2.32. The van der Waals surface area contributed by atoms with E-state index in [1.807, 2.05) is 11.3 Å². The van der Waals surface area contributed by atoms with Gasteiger partial charge in [0.2, 0.25) is 0 Å². The van der Waals surface area contributed by atoms with E-state index in [2.05, 4.69) is 52.1 Å². The molecule has 2 atom stereocenters. The van der Waals surface area contributed by atoms with Gasteiger partial charge in [-0.1, -0.05) is 13.8 Å². The van der Waals surface area contributed by atoms with Gasteiger partial charge in [0.05, 0.1) is 0 Å². The molecule has 0 radical (unpaired) electrons. The quantitative estimate of drug-likeness (QED) is 0.799. The number of aryl methyl sites for hydroxylation is 1. The van der Waals surface area contributed by atoms with E-state index in [-0.39, 0.29) is 0 Å². The van der Waals surface area contributed by atoms with E-state index in [1.54, 1.807) is 0 Å². The highest BCUT2D eigenvalue weighted by atomic mass is 32.1. The van der Waals surface area contributed by atoms with Crippen molar-refractivity contribution in [2.45, 2.75) is 46.7 Å². The largest absolute Gasteiger partial charge is 0.307 e. The summed E-state index contributed by atoms with van der Waals surface area (Å²) in [5, 5.41) is 3.62. The van der Waals surface area contributed by atoms with Crippen LogP contribution in [0.5, 0.6) is 0 Å². The fraction of sp³-hybridized carbons (Fsp3) is 0.667. The minimum Gasteiger partial charge on any atom is -0.307 e. The molecule has 0 aromatic carbocycles. The zero-order valence-corrected chi connectivity index (χ0v) is 10.6. The first kappa shape index (κ1) is 11.7. The summed E-state index contributed by atoms with van der Waals surface area (Å²) in [6.07, 6.45) is 0. The molecule has 1 N–H and O–H groups in total. The van der Waals surface area contributed by atoms with E-state index < -0.39 is 0 Å². The highest BCUT2D eigenvalue weighted by molar-refractivity contribution is 7.12. The summed E-state index contributed by atoms with van der Waals surface area (Å²) in [6, 6.07) is 5.47. The average molecular weight is 211 g/mol. The summed E-state index contributed by atoms with van der Waals surface area (Å²) in [7, 11) is 0. The molecular weight excluding hydrogens is 190 g/mol. The Morgan fingerprint density at radius 3 is 2.21 bits per heavy atom. The monoisotopic (exact) mass is 211 g/mol. The molecule has 0 saturated heterocycles. The molecule has 0 spiro atoms. The van der Waals surface area contributed by atoms with Crippen LogP contribution in [0.2, 0.25) is 0 Å². The molecule has 2 heteroatoms. The summed E-state index contributed by atoms with van der Waals surface area (Å²) in [6.45, 7) is 11.2. The van der Waals surface area contributed by atoms with Crippen LogP contribution in [0.3, 0.4) is 0 Å². The van der Waals surface area contributed by atoms with Gasteiger partial charge in [-0.2, -0.15) is 0 Å². The normalized spacial score (nSPS) is 15.9. The van der Waals surface area contributed by atoms with Gasteiger partial charge in [0.25, 0.3) is 0 Å². The Morgan fingerprint density at radius 2 is 1.79 bits per heavy atom. The van der Waals surface area contributed by atoms with E-state index in [4.69, 9.17) is 0 Å². The smallest absolute Gasteiger partial charge is 0.0388 e. The Morgan fingerprint density at radius 1 is 1.14 bits per heavy atom. The first-order valence-electron chi connectivity index (χ1n) is 5.33. The molecule has 0 saturated carbocycles. The van der Waals surface area contributed by atoms with Crippen LogP contribution in [0.25, 0.3) is 0 Å². The van der Waals surface area contributed by atoms with E-state index in [1.165, 1.54) is 9.75 Å². The summed E-state index contributed by atoms with van der Waals surface area (Å²) >= 11 is 1.89. The maximum absolute atomic E-state index is 3.62. The number of rotatable bonds is 4. The lowest BCUT2D eigenvalue weighted by Gasteiger charge is -2.22. The Kier molecular flexibility index (Phi) is 4.14. The highest BCUT2D eigenvalue weighted by Gasteiger charge is 2.12. The van der Waals surface area contributed by atoms with Crippen LogP contribution < -0.4 is 5.32 Å². The maximum Gasteiger partial charge on any atom is 0.0388 e. The molecule has 0 amide bonds. The third kappa shape index (κ3) is 3.10. The molecule has 0 bridgehead atoms. The van der Waals surface area contributed by atoms with Gasteiger partial charge in [-0.25, -0.2) is 0 Å². The molecule has 14 heavy (non-hydrogen) atoms. The summed E-state index contributed by atoms with van der Waals surface area (Å²) in [5.41, 5.74) is 0. The van der Waals surface area contributed by atoms with Crippen molar-refractivity contribution in [2.24, 2.45) is 5.92 Å². The minimum absolute atomic E-state index is 0.478. The molecule has 0 fully saturated rings. The van der Waals surface area contributed by atoms with E-state index in [9.17, 15) is 0 Å². The predicted octanol–water partition coefficient (Wildman–Crippen LogP) is 3.75. The molecule has 1 nitrogen and oxygen atoms in total.